The molecule has 0 aromatic rings. The van der Waals surface area contributed by atoms with Crippen molar-refractivity contribution in [3.8, 4) is 0 Å². The molecule has 0 aliphatic rings. The van der Waals surface area contributed by atoms with E-state index in [4.69, 9.17) is 14.2 Å². The lowest BCUT2D eigenvalue weighted by Crippen LogP contribution is -2.18. The van der Waals surface area contributed by atoms with Crippen LogP contribution in [0, 0.1) is 0 Å². The second kappa shape index (κ2) is 7.86. The molecule has 0 saturated heterocycles. The zero-order valence-corrected chi connectivity index (χ0v) is 8.54. The van der Waals surface area contributed by atoms with Crippen LogP contribution in [0.15, 0.2) is 0 Å². The van der Waals surface area contributed by atoms with Crippen molar-refractivity contribution in [2.45, 2.75) is 32.8 Å². The van der Waals surface area contributed by atoms with Crippen LogP contribution < -0.4 is 0 Å². The van der Waals surface area contributed by atoms with Crippen molar-refractivity contribution >= 4 is 6.16 Å². The molecular formula is C9H18O4. The quantitative estimate of drug-likeness (QED) is 0.474. The average Bonchev–Trinajstić information content (AvgIpc) is 2.14. The summed E-state index contributed by atoms with van der Waals surface area (Å²) in [5.41, 5.74) is 0. The Kier molecular flexibility index (Phi) is 7.39. The summed E-state index contributed by atoms with van der Waals surface area (Å²) in [7, 11) is 1.57. The monoisotopic (exact) mass is 190 g/mol. The second-order valence-electron chi connectivity index (χ2n) is 2.81. The van der Waals surface area contributed by atoms with E-state index in [2.05, 4.69) is 0 Å². The summed E-state index contributed by atoms with van der Waals surface area (Å²) in [6, 6.07) is 0. The van der Waals surface area contributed by atoms with Crippen molar-refractivity contribution in [1.82, 2.24) is 0 Å². The van der Waals surface area contributed by atoms with Gasteiger partial charge >= 0.3 is 6.16 Å². The Bertz CT molecular complexity index is 136. The third-order valence-corrected chi connectivity index (χ3v) is 1.56. The van der Waals surface area contributed by atoms with Gasteiger partial charge in [0.15, 0.2) is 0 Å². The number of hydrogen-bond acceptors (Lipinski definition) is 4. The number of ether oxygens (including phenoxy) is 3. The van der Waals surface area contributed by atoms with Gasteiger partial charge in [0.1, 0.15) is 6.61 Å². The molecule has 13 heavy (non-hydrogen) atoms. The molecule has 0 fully saturated rings. The van der Waals surface area contributed by atoms with Gasteiger partial charge in [-0.15, -0.1) is 0 Å². The van der Waals surface area contributed by atoms with Crippen LogP contribution >= 0.6 is 0 Å². The minimum Gasteiger partial charge on any atom is -0.434 e. The molecule has 0 N–H and O–H groups in total. The zero-order chi connectivity index (χ0) is 10.1. The number of methoxy groups -OCH3 is 1. The molecule has 0 aliphatic carbocycles. The summed E-state index contributed by atoms with van der Waals surface area (Å²) in [5.74, 6) is 0. The summed E-state index contributed by atoms with van der Waals surface area (Å²) >= 11 is 0. The molecule has 1 atom stereocenters. The smallest absolute Gasteiger partial charge is 0.434 e. The van der Waals surface area contributed by atoms with E-state index in [9.17, 15) is 4.79 Å². The molecule has 0 aliphatic heterocycles. The Hall–Kier alpha value is -0.770. The topological polar surface area (TPSA) is 44.8 Å². The van der Waals surface area contributed by atoms with E-state index in [-0.39, 0.29) is 12.7 Å². The Morgan fingerprint density at radius 3 is 2.62 bits per heavy atom. The zero-order valence-electron chi connectivity index (χ0n) is 8.54. The van der Waals surface area contributed by atoms with Gasteiger partial charge in [-0.2, -0.15) is 0 Å². The lowest BCUT2D eigenvalue weighted by molar-refractivity contribution is 0.00858. The first-order chi connectivity index (χ1) is 6.20. The van der Waals surface area contributed by atoms with Gasteiger partial charge in [-0.3, -0.25) is 0 Å². The molecule has 0 saturated carbocycles. The molecule has 0 radical (unpaired) electrons. The lowest BCUT2D eigenvalue weighted by Gasteiger charge is -2.09. The highest BCUT2D eigenvalue weighted by molar-refractivity contribution is 5.59. The fourth-order valence-electron chi connectivity index (χ4n) is 0.595. The molecule has 0 amide bonds. The van der Waals surface area contributed by atoms with Crippen LogP contribution in [0.1, 0.15) is 26.7 Å². The third kappa shape index (κ3) is 7.59. The van der Waals surface area contributed by atoms with Crippen LogP contribution in [0.5, 0.6) is 0 Å². The fraction of sp³-hybridized carbons (Fsp3) is 0.889. The Morgan fingerprint density at radius 2 is 2.08 bits per heavy atom. The van der Waals surface area contributed by atoms with E-state index in [1.807, 2.05) is 13.8 Å². The number of rotatable bonds is 6. The summed E-state index contributed by atoms with van der Waals surface area (Å²) in [6.45, 7) is 4.51. The number of unbranched alkanes of at least 4 members (excludes halogenated alkanes) is 1. The van der Waals surface area contributed by atoms with Crippen LogP contribution in [0.2, 0.25) is 0 Å². The molecule has 0 bridgehead atoms. The van der Waals surface area contributed by atoms with Crippen molar-refractivity contribution in [3.63, 3.8) is 0 Å². The van der Waals surface area contributed by atoms with E-state index in [1.165, 1.54) is 0 Å². The predicted octanol–water partition coefficient (Wildman–Crippen LogP) is 1.97. The summed E-state index contributed by atoms with van der Waals surface area (Å²) in [5, 5.41) is 0. The van der Waals surface area contributed by atoms with E-state index in [0.717, 1.165) is 12.8 Å². The molecule has 0 aromatic carbocycles. The first kappa shape index (κ1) is 12.2. The van der Waals surface area contributed by atoms with Crippen molar-refractivity contribution in [2.24, 2.45) is 0 Å². The number of carbonyl (C=O) groups is 1. The van der Waals surface area contributed by atoms with E-state index in [1.54, 1.807) is 7.11 Å². The van der Waals surface area contributed by atoms with Crippen molar-refractivity contribution in [2.75, 3.05) is 20.3 Å². The molecule has 4 heteroatoms. The number of hydrogen-bond donors (Lipinski definition) is 0. The van der Waals surface area contributed by atoms with Gasteiger partial charge in [-0.25, -0.2) is 4.79 Å². The first-order valence-electron chi connectivity index (χ1n) is 4.53. The van der Waals surface area contributed by atoms with E-state index >= 15 is 0 Å². The van der Waals surface area contributed by atoms with E-state index < -0.39 is 6.16 Å². The molecule has 78 valence electrons. The maximum Gasteiger partial charge on any atom is 0.508 e. The van der Waals surface area contributed by atoms with Crippen molar-refractivity contribution in [3.05, 3.63) is 0 Å². The van der Waals surface area contributed by atoms with E-state index in [0.29, 0.717) is 6.61 Å². The van der Waals surface area contributed by atoms with Crippen LogP contribution in [0.3, 0.4) is 0 Å². The highest BCUT2D eigenvalue weighted by Gasteiger charge is 2.06. The van der Waals surface area contributed by atoms with Crippen molar-refractivity contribution < 1.29 is 19.0 Å². The molecule has 0 heterocycles. The maximum atomic E-state index is 10.8. The van der Waals surface area contributed by atoms with Gasteiger partial charge in [0.05, 0.1) is 12.7 Å². The van der Waals surface area contributed by atoms with Crippen molar-refractivity contribution in [1.29, 1.82) is 0 Å². The normalized spacial score (nSPS) is 12.2. The number of carbonyl (C=O) groups excluding carboxylic acids is 1. The summed E-state index contributed by atoms with van der Waals surface area (Å²) in [6.07, 6.45) is 1.17. The SMILES string of the molecule is CCCCOC(=O)OCC(C)OC. The standard InChI is InChI=1S/C9H18O4/c1-4-5-6-12-9(10)13-7-8(2)11-3/h8H,4-7H2,1-3H3. The van der Waals surface area contributed by atoms with Crippen LogP contribution in [-0.4, -0.2) is 32.6 Å². The highest BCUT2D eigenvalue weighted by atomic mass is 16.7. The van der Waals surface area contributed by atoms with Gasteiger partial charge < -0.3 is 14.2 Å². The molecule has 0 aromatic heterocycles. The molecule has 0 spiro atoms. The van der Waals surface area contributed by atoms with Crippen LogP contribution in [0.25, 0.3) is 0 Å². The summed E-state index contributed by atoms with van der Waals surface area (Å²) in [4.78, 5) is 10.8. The third-order valence-electron chi connectivity index (χ3n) is 1.56. The molecular weight excluding hydrogens is 172 g/mol. The van der Waals surface area contributed by atoms with Crippen LogP contribution in [0.4, 0.5) is 4.79 Å². The summed E-state index contributed by atoms with van der Waals surface area (Å²) < 4.78 is 14.4. The first-order valence-corrected chi connectivity index (χ1v) is 4.53. The predicted molar refractivity (Wildman–Crippen MR) is 48.7 cm³/mol. The largest absolute Gasteiger partial charge is 0.508 e. The molecule has 1 unspecified atom stereocenters. The Labute approximate surface area is 79.2 Å². The lowest BCUT2D eigenvalue weighted by atomic mass is 10.4. The molecule has 4 nitrogen and oxygen atoms in total. The van der Waals surface area contributed by atoms with Gasteiger partial charge in [0.25, 0.3) is 0 Å². The molecule has 0 rings (SSSR count). The highest BCUT2D eigenvalue weighted by Crippen LogP contribution is 1.94. The maximum absolute atomic E-state index is 10.8. The van der Waals surface area contributed by atoms with Gasteiger partial charge in [0.2, 0.25) is 0 Å². The average molecular weight is 190 g/mol. The minimum absolute atomic E-state index is 0.0845. The second-order valence-corrected chi connectivity index (χ2v) is 2.81. The van der Waals surface area contributed by atoms with Crippen LogP contribution in [-0.2, 0) is 14.2 Å². The van der Waals surface area contributed by atoms with Gasteiger partial charge in [0, 0.05) is 7.11 Å². The Morgan fingerprint density at radius 1 is 1.38 bits per heavy atom. The fourth-order valence-corrected chi connectivity index (χ4v) is 0.595. The Balaban J connectivity index is 3.30. The van der Waals surface area contributed by atoms with Gasteiger partial charge in [-0.05, 0) is 13.3 Å². The minimum atomic E-state index is -0.614. The van der Waals surface area contributed by atoms with Gasteiger partial charge in [-0.1, -0.05) is 13.3 Å².